The lowest BCUT2D eigenvalue weighted by molar-refractivity contribution is 0.103. The van der Waals surface area contributed by atoms with E-state index in [-0.39, 0.29) is 12.5 Å². The van der Waals surface area contributed by atoms with Gasteiger partial charge in [0.1, 0.15) is 11.6 Å². The maximum Gasteiger partial charge on any atom is 0.265 e. The first-order valence-corrected chi connectivity index (χ1v) is 12.2. The number of nitrogens with one attached hydrogen (secondary N) is 1. The molecular weight excluding hydrogens is 458 g/mol. The Bertz CT molecular complexity index is 1110. The molecular formula is C24H28ClN5O2S. The number of piperazine rings is 1. The van der Waals surface area contributed by atoms with Crippen LogP contribution in [0.2, 0.25) is 5.02 Å². The number of benzene rings is 1. The van der Waals surface area contributed by atoms with Gasteiger partial charge in [0, 0.05) is 50.1 Å². The summed E-state index contributed by atoms with van der Waals surface area (Å²) < 4.78 is 0. The van der Waals surface area contributed by atoms with Gasteiger partial charge in [0.15, 0.2) is 0 Å². The van der Waals surface area contributed by atoms with E-state index in [0.717, 1.165) is 54.0 Å². The van der Waals surface area contributed by atoms with E-state index < -0.39 is 0 Å². The van der Waals surface area contributed by atoms with Crippen LogP contribution in [0.1, 0.15) is 31.6 Å². The molecule has 9 heteroatoms. The molecule has 174 valence electrons. The molecule has 0 saturated carbocycles. The number of anilines is 2. The van der Waals surface area contributed by atoms with Gasteiger partial charge in [-0.2, -0.15) is 0 Å². The average Bonchev–Trinajstić information content (AvgIpc) is 3.25. The van der Waals surface area contributed by atoms with Crippen LogP contribution >= 0.6 is 22.9 Å². The number of hydrogen-bond donors (Lipinski definition) is 2. The summed E-state index contributed by atoms with van der Waals surface area (Å²) in [4.78, 5) is 28.2. The number of nitrogens with zero attached hydrogens (tertiary/aromatic N) is 4. The molecule has 3 heterocycles. The SMILES string of the molecule is Cc1nc(Cc2ccc(C(=O)Nc3c(C)cccc3Cl)s2)cc(N2CCN(CCO)CC2)n1. The maximum absolute atomic E-state index is 12.8. The van der Waals surface area contributed by atoms with E-state index in [9.17, 15) is 4.79 Å². The lowest BCUT2D eigenvalue weighted by atomic mass is 10.2. The zero-order valence-electron chi connectivity index (χ0n) is 18.8. The number of para-hydroxylation sites is 1. The van der Waals surface area contributed by atoms with E-state index in [1.807, 2.05) is 44.2 Å². The highest BCUT2D eigenvalue weighted by Gasteiger charge is 2.19. The molecule has 1 aliphatic rings. The number of β-amino-alcohol motifs (C(OH)–C–C–N with tert-alkyl or cyclic N) is 1. The van der Waals surface area contributed by atoms with Crippen LogP contribution < -0.4 is 10.2 Å². The van der Waals surface area contributed by atoms with Crippen molar-refractivity contribution in [2.24, 2.45) is 0 Å². The standard InChI is InChI=1S/C24H28ClN5O2S/c1-16-4-3-5-20(25)23(16)28-24(32)21-7-6-19(33-21)14-18-15-22(27-17(2)26-18)30-10-8-29(9-11-30)12-13-31/h3-7,15,31H,8-14H2,1-2H3,(H,28,32). The van der Waals surface area contributed by atoms with Crippen molar-refractivity contribution in [2.45, 2.75) is 20.3 Å². The molecule has 0 spiro atoms. The highest BCUT2D eigenvalue weighted by Crippen LogP contribution is 2.27. The number of aliphatic hydroxyl groups excluding tert-OH is 1. The summed E-state index contributed by atoms with van der Waals surface area (Å²) in [7, 11) is 0. The van der Waals surface area contributed by atoms with Crippen molar-refractivity contribution in [1.29, 1.82) is 0 Å². The van der Waals surface area contributed by atoms with E-state index in [1.54, 1.807) is 6.07 Å². The molecule has 1 aliphatic heterocycles. The second kappa shape index (κ2) is 10.6. The van der Waals surface area contributed by atoms with Gasteiger partial charge < -0.3 is 15.3 Å². The van der Waals surface area contributed by atoms with Gasteiger partial charge in [-0.05, 0) is 37.6 Å². The molecule has 1 fully saturated rings. The van der Waals surface area contributed by atoms with Crippen LogP contribution in [-0.4, -0.2) is 65.2 Å². The third-order valence-electron chi connectivity index (χ3n) is 5.69. The predicted molar refractivity (Wildman–Crippen MR) is 134 cm³/mol. The van der Waals surface area contributed by atoms with Gasteiger partial charge >= 0.3 is 0 Å². The van der Waals surface area contributed by atoms with Gasteiger partial charge in [-0.3, -0.25) is 9.69 Å². The molecule has 0 atom stereocenters. The molecule has 0 radical (unpaired) electrons. The first-order chi connectivity index (χ1) is 15.9. The molecule has 1 saturated heterocycles. The van der Waals surface area contributed by atoms with Gasteiger partial charge in [0.25, 0.3) is 5.91 Å². The zero-order valence-corrected chi connectivity index (χ0v) is 20.4. The number of amides is 1. The molecule has 2 N–H and O–H groups in total. The van der Waals surface area contributed by atoms with Gasteiger partial charge in [-0.15, -0.1) is 11.3 Å². The number of hydrogen-bond acceptors (Lipinski definition) is 7. The second-order valence-electron chi connectivity index (χ2n) is 8.15. The first-order valence-electron chi connectivity index (χ1n) is 11.0. The fraction of sp³-hybridized carbons (Fsp3) is 0.375. The highest BCUT2D eigenvalue weighted by atomic mass is 35.5. The summed E-state index contributed by atoms with van der Waals surface area (Å²) in [6.07, 6.45) is 0.643. The lowest BCUT2D eigenvalue weighted by Gasteiger charge is -2.35. The minimum Gasteiger partial charge on any atom is -0.395 e. The van der Waals surface area contributed by atoms with E-state index in [1.165, 1.54) is 11.3 Å². The highest BCUT2D eigenvalue weighted by molar-refractivity contribution is 7.14. The Kier molecular flexibility index (Phi) is 7.60. The maximum atomic E-state index is 12.8. The summed E-state index contributed by atoms with van der Waals surface area (Å²) in [5, 5.41) is 12.6. The number of thiophene rings is 1. The molecule has 33 heavy (non-hydrogen) atoms. The second-order valence-corrected chi connectivity index (χ2v) is 9.72. The van der Waals surface area contributed by atoms with Crippen LogP contribution in [0.25, 0.3) is 0 Å². The van der Waals surface area contributed by atoms with Crippen LogP contribution in [-0.2, 0) is 6.42 Å². The molecule has 1 amide bonds. The number of aromatic nitrogens is 2. The van der Waals surface area contributed by atoms with Gasteiger partial charge in [0.2, 0.25) is 0 Å². The van der Waals surface area contributed by atoms with Gasteiger partial charge in [0.05, 0.1) is 27.9 Å². The van der Waals surface area contributed by atoms with Crippen molar-refractivity contribution in [3.63, 3.8) is 0 Å². The number of rotatable bonds is 7. The number of aryl methyl sites for hydroxylation is 2. The quantitative estimate of drug-likeness (QED) is 0.530. The van der Waals surface area contributed by atoms with Crippen LogP contribution in [0.15, 0.2) is 36.4 Å². The minimum absolute atomic E-state index is 0.164. The Hall–Kier alpha value is -2.52. The zero-order chi connectivity index (χ0) is 23.4. The molecule has 2 aromatic heterocycles. The summed E-state index contributed by atoms with van der Waals surface area (Å²) in [6.45, 7) is 8.31. The molecule has 4 rings (SSSR count). The smallest absolute Gasteiger partial charge is 0.265 e. The van der Waals surface area contributed by atoms with Crippen molar-refractivity contribution >= 4 is 40.4 Å². The number of carbonyl (C=O) groups excluding carboxylic acids is 1. The van der Waals surface area contributed by atoms with Crippen molar-refractivity contribution in [3.05, 3.63) is 68.3 Å². The summed E-state index contributed by atoms with van der Waals surface area (Å²) >= 11 is 7.71. The minimum atomic E-state index is -0.164. The van der Waals surface area contributed by atoms with Gasteiger partial charge in [-0.1, -0.05) is 23.7 Å². The number of carbonyl (C=O) groups is 1. The molecule has 3 aromatic rings. The van der Waals surface area contributed by atoms with E-state index in [4.69, 9.17) is 16.7 Å². The van der Waals surface area contributed by atoms with Gasteiger partial charge in [-0.25, -0.2) is 9.97 Å². The Morgan fingerprint density at radius 3 is 2.67 bits per heavy atom. The molecule has 0 unspecified atom stereocenters. The van der Waals surface area contributed by atoms with E-state index in [0.29, 0.717) is 28.6 Å². The third kappa shape index (κ3) is 5.89. The normalized spacial score (nSPS) is 14.5. The summed E-state index contributed by atoms with van der Waals surface area (Å²) in [5.41, 5.74) is 2.51. The van der Waals surface area contributed by atoms with Crippen molar-refractivity contribution < 1.29 is 9.90 Å². The number of aliphatic hydroxyl groups is 1. The molecule has 0 bridgehead atoms. The Labute approximate surface area is 203 Å². The Balaban J connectivity index is 1.43. The van der Waals surface area contributed by atoms with E-state index >= 15 is 0 Å². The molecule has 7 nitrogen and oxygen atoms in total. The fourth-order valence-electron chi connectivity index (χ4n) is 3.95. The van der Waals surface area contributed by atoms with Crippen LogP contribution in [0.5, 0.6) is 0 Å². The fourth-order valence-corrected chi connectivity index (χ4v) is 5.13. The lowest BCUT2D eigenvalue weighted by Crippen LogP contribution is -2.47. The van der Waals surface area contributed by atoms with Crippen molar-refractivity contribution in [1.82, 2.24) is 14.9 Å². The largest absolute Gasteiger partial charge is 0.395 e. The van der Waals surface area contributed by atoms with Crippen LogP contribution in [0, 0.1) is 13.8 Å². The van der Waals surface area contributed by atoms with Crippen LogP contribution in [0.4, 0.5) is 11.5 Å². The number of halogens is 1. The van der Waals surface area contributed by atoms with Crippen molar-refractivity contribution in [3.8, 4) is 0 Å². The third-order valence-corrected chi connectivity index (χ3v) is 7.09. The monoisotopic (exact) mass is 485 g/mol. The Morgan fingerprint density at radius 2 is 1.94 bits per heavy atom. The predicted octanol–water partition coefficient (Wildman–Crippen LogP) is 3.77. The van der Waals surface area contributed by atoms with Crippen LogP contribution in [0.3, 0.4) is 0 Å². The Morgan fingerprint density at radius 1 is 1.15 bits per heavy atom. The average molecular weight is 486 g/mol. The van der Waals surface area contributed by atoms with E-state index in [2.05, 4.69) is 25.1 Å². The first kappa shape index (κ1) is 23.6. The molecule has 1 aromatic carbocycles. The van der Waals surface area contributed by atoms with Crippen molar-refractivity contribution in [2.75, 3.05) is 49.5 Å². The molecule has 0 aliphatic carbocycles. The summed E-state index contributed by atoms with van der Waals surface area (Å²) in [5.74, 6) is 1.51. The summed E-state index contributed by atoms with van der Waals surface area (Å²) in [6, 6.07) is 11.4. The topological polar surface area (TPSA) is 81.6 Å².